The zero-order chi connectivity index (χ0) is 20.1. The van der Waals surface area contributed by atoms with Gasteiger partial charge in [0.05, 0.1) is 5.25 Å². The number of nitrogen functional groups attached to an aromatic ring is 1. The molecule has 1 amide bonds. The van der Waals surface area contributed by atoms with E-state index in [1.165, 1.54) is 11.8 Å². The summed E-state index contributed by atoms with van der Waals surface area (Å²) < 4.78 is 2.99. The summed E-state index contributed by atoms with van der Waals surface area (Å²) in [6.45, 7) is 4.74. The quantitative estimate of drug-likeness (QED) is 0.390. The predicted molar refractivity (Wildman–Crippen MR) is 118 cm³/mol. The molecule has 146 valence electrons. The number of halogens is 1. The van der Waals surface area contributed by atoms with Crippen LogP contribution in [-0.2, 0) is 11.3 Å². The van der Waals surface area contributed by atoms with Crippen molar-refractivity contribution in [1.82, 2.24) is 14.8 Å². The van der Waals surface area contributed by atoms with Crippen LogP contribution in [0.5, 0.6) is 0 Å². The first kappa shape index (κ1) is 20.4. The number of amides is 1. The van der Waals surface area contributed by atoms with Crippen LogP contribution in [0.4, 0.5) is 11.4 Å². The van der Waals surface area contributed by atoms with Crippen molar-refractivity contribution in [3.63, 3.8) is 0 Å². The van der Waals surface area contributed by atoms with Gasteiger partial charge >= 0.3 is 0 Å². The summed E-state index contributed by atoms with van der Waals surface area (Å²) in [6.07, 6.45) is 0.681. The van der Waals surface area contributed by atoms with Gasteiger partial charge in [-0.25, -0.2) is 0 Å². The summed E-state index contributed by atoms with van der Waals surface area (Å²) in [5.41, 5.74) is 8.20. The third-order valence-electron chi connectivity index (χ3n) is 4.22. The number of rotatable bonds is 7. The van der Waals surface area contributed by atoms with Gasteiger partial charge in [-0.2, -0.15) is 0 Å². The highest BCUT2D eigenvalue weighted by atomic mass is 79.9. The molecule has 0 unspecified atom stereocenters. The Bertz CT molecular complexity index is 940. The summed E-state index contributed by atoms with van der Waals surface area (Å²) in [7, 11) is 0. The van der Waals surface area contributed by atoms with Gasteiger partial charge < -0.3 is 15.6 Å². The molecule has 0 saturated carbocycles. The molecule has 1 aromatic heterocycles. The van der Waals surface area contributed by atoms with Crippen LogP contribution in [0.25, 0.3) is 11.4 Å². The number of thioether (sulfide) groups is 1. The number of nitrogens with zero attached hydrogens (tertiary/aromatic N) is 3. The van der Waals surface area contributed by atoms with Crippen molar-refractivity contribution < 1.29 is 4.79 Å². The Morgan fingerprint density at radius 1 is 1.14 bits per heavy atom. The smallest absolute Gasteiger partial charge is 0.237 e. The van der Waals surface area contributed by atoms with Gasteiger partial charge in [0.15, 0.2) is 11.0 Å². The van der Waals surface area contributed by atoms with Gasteiger partial charge in [-0.05, 0) is 61.9 Å². The molecule has 3 N–H and O–H groups in total. The van der Waals surface area contributed by atoms with Gasteiger partial charge in [-0.15, -0.1) is 10.2 Å². The Labute approximate surface area is 177 Å². The van der Waals surface area contributed by atoms with Gasteiger partial charge in [0.2, 0.25) is 5.91 Å². The lowest BCUT2D eigenvalue weighted by molar-refractivity contribution is -0.115. The molecule has 0 aliphatic rings. The summed E-state index contributed by atoms with van der Waals surface area (Å²) in [4.78, 5) is 12.7. The first-order valence-electron chi connectivity index (χ1n) is 9.04. The van der Waals surface area contributed by atoms with Crippen LogP contribution in [0, 0.1) is 0 Å². The molecule has 0 fully saturated rings. The first-order chi connectivity index (χ1) is 13.5. The molecule has 0 radical (unpaired) electrons. The Kier molecular flexibility index (Phi) is 6.74. The van der Waals surface area contributed by atoms with Crippen LogP contribution in [0.15, 0.2) is 58.2 Å². The van der Waals surface area contributed by atoms with Gasteiger partial charge in [0, 0.05) is 28.0 Å². The van der Waals surface area contributed by atoms with Gasteiger partial charge in [0.25, 0.3) is 0 Å². The summed E-state index contributed by atoms with van der Waals surface area (Å²) in [6, 6.07) is 15.1. The molecule has 2 aromatic carbocycles. The molecule has 0 aliphatic heterocycles. The molecule has 3 rings (SSSR count). The molecular weight excluding hydrogens is 438 g/mol. The molecule has 0 aliphatic carbocycles. The van der Waals surface area contributed by atoms with E-state index < -0.39 is 0 Å². The minimum absolute atomic E-state index is 0.0467. The van der Waals surface area contributed by atoms with E-state index in [0.717, 1.165) is 26.7 Å². The van der Waals surface area contributed by atoms with Crippen LogP contribution >= 0.6 is 27.7 Å². The van der Waals surface area contributed by atoms with Gasteiger partial charge in [0.1, 0.15) is 0 Å². The Morgan fingerprint density at radius 2 is 1.82 bits per heavy atom. The zero-order valence-electron chi connectivity index (χ0n) is 15.7. The van der Waals surface area contributed by atoms with E-state index in [1.807, 2.05) is 66.9 Å². The fraction of sp³-hybridized carbons (Fsp3) is 0.250. The van der Waals surface area contributed by atoms with Crippen molar-refractivity contribution in [3.05, 3.63) is 53.0 Å². The molecule has 1 atom stereocenters. The first-order valence-corrected chi connectivity index (χ1v) is 10.7. The minimum Gasteiger partial charge on any atom is -0.399 e. The fourth-order valence-corrected chi connectivity index (χ4v) is 3.99. The van der Waals surface area contributed by atoms with Crippen molar-refractivity contribution in [2.24, 2.45) is 0 Å². The fourth-order valence-electron chi connectivity index (χ4n) is 2.71. The number of carbonyl (C=O) groups is 1. The molecule has 0 spiro atoms. The topological polar surface area (TPSA) is 85.8 Å². The number of hydrogen-bond acceptors (Lipinski definition) is 5. The van der Waals surface area contributed by atoms with E-state index in [1.54, 1.807) is 0 Å². The maximum atomic E-state index is 12.7. The minimum atomic E-state index is -0.266. The number of anilines is 2. The van der Waals surface area contributed by atoms with E-state index in [4.69, 9.17) is 5.73 Å². The van der Waals surface area contributed by atoms with Crippen LogP contribution in [0.3, 0.4) is 0 Å². The second-order valence-corrected chi connectivity index (χ2v) is 8.27. The van der Waals surface area contributed by atoms with E-state index in [0.29, 0.717) is 18.7 Å². The largest absolute Gasteiger partial charge is 0.399 e. The SMILES string of the molecule is CC[C@@H](Sc1nnc(-c2ccc(N)cc2)n1CC)C(=O)Nc1ccc(Br)cc1. The number of aromatic nitrogens is 3. The van der Waals surface area contributed by atoms with Crippen molar-refractivity contribution in [2.45, 2.75) is 37.2 Å². The lowest BCUT2D eigenvalue weighted by atomic mass is 10.2. The van der Waals surface area contributed by atoms with E-state index >= 15 is 0 Å². The summed E-state index contributed by atoms with van der Waals surface area (Å²) in [5, 5.41) is 12.1. The molecular formula is C20H22BrN5OS. The molecule has 0 bridgehead atoms. The molecule has 8 heteroatoms. The normalized spacial score (nSPS) is 12.0. The van der Waals surface area contributed by atoms with E-state index in [2.05, 4.69) is 31.4 Å². The van der Waals surface area contributed by atoms with Gasteiger partial charge in [-0.1, -0.05) is 34.6 Å². The molecule has 1 heterocycles. The maximum absolute atomic E-state index is 12.7. The number of hydrogen-bond donors (Lipinski definition) is 2. The molecule has 6 nitrogen and oxygen atoms in total. The highest BCUT2D eigenvalue weighted by molar-refractivity contribution is 9.10. The average Bonchev–Trinajstić information content (AvgIpc) is 3.11. The van der Waals surface area contributed by atoms with E-state index in [-0.39, 0.29) is 11.2 Å². The van der Waals surface area contributed by atoms with Crippen LogP contribution in [0.1, 0.15) is 20.3 Å². The maximum Gasteiger partial charge on any atom is 0.237 e. The highest BCUT2D eigenvalue weighted by Crippen LogP contribution is 2.29. The lowest BCUT2D eigenvalue weighted by Crippen LogP contribution is -2.25. The van der Waals surface area contributed by atoms with Crippen molar-refractivity contribution in [1.29, 1.82) is 0 Å². The Hall–Kier alpha value is -2.32. The second-order valence-electron chi connectivity index (χ2n) is 6.18. The average molecular weight is 460 g/mol. The molecule has 3 aromatic rings. The van der Waals surface area contributed by atoms with Gasteiger partial charge in [-0.3, -0.25) is 4.79 Å². The van der Waals surface area contributed by atoms with Crippen LogP contribution in [-0.4, -0.2) is 25.9 Å². The number of nitrogens with two attached hydrogens (primary N) is 1. The van der Waals surface area contributed by atoms with Crippen molar-refractivity contribution >= 4 is 45.0 Å². The summed E-state index contributed by atoms with van der Waals surface area (Å²) >= 11 is 4.83. The Balaban J connectivity index is 1.78. The number of benzene rings is 2. The van der Waals surface area contributed by atoms with Crippen molar-refractivity contribution in [2.75, 3.05) is 11.1 Å². The standard InChI is InChI=1S/C20H22BrN5OS/c1-3-17(19(27)23-16-11-7-14(21)8-12-16)28-20-25-24-18(26(20)4-2)13-5-9-15(22)10-6-13/h5-12,17H,3-4,22H2,1-2H3,(H,23,27)/t17-/m1/s1. The predicted octanol–water partition coefficient (Wildman–Crippen LogP) is 4.82. The van der Waals surface area contributed by atoms with Crippen molar-refractivity contribution in [3.8, 4) is 11.4 Å². The van der Waals surface area contributed by atoms with Crippen LogP contribution < -0.4 is 11.1 Å². The number of carbonyl (C=O) groups excluding carboxylic acids is 1. The lowest BCUT2D eigenvalue weighted by Gasteiger charge is -2.15. The monoisotopic (exact) mass is 459 g/mol. The highest BCUT2D eigenvalue weighted by Gasteiger charge is 2.22. The third kappa shape index (κ3) is 4.74. The Morgan fingerprint density at radius 3 is 2.43 bits per heavy atom. The van der Waals surface area contributed by atoms with E-state index in [9.17, 15) is 4.79 Å². The number of nitrogens with one attached hydrogen (secondary N) is 1. The van der Waals surface area contributed by atoms with Crippen LogP contribution in [0.2, 0.25) is 0 Å². The molecule has 0 saturated heterocycles. The summed E-state index contributed by atoms with van der Waals surface area (Å²) in [5.74, 6) is 0.725. The third-order valence-corrected chi connectivity index (χ3v) is 6.10. The second kappa shape index (κ2) is 9.25. The zero-order valence-corrected chi connectivity index (χ0v) is 18.1. The molecule has 28 heavy (non-hydrogen) atoms.